The number of nitrogens with two attached hydrogens (primary N) is 1. The van der Waals surface area contributed by atoms with E-state index in [2.05, 4.69) is 31.9 Å². The van der Waals surface area contributed by atoms with Gasteiger partial charge in [-0.25, -0.2) is 19.2 Å². The zero-order valence-corrected chi connectivity index (χ0v) is 20.2. The fourth-order valence-corrected chi connectivity index (χ4v) is 3.97. The summed E-state index contributed by atoms with van der Waals surface area (Å²) >= 11 is 0. The van der Waals surface area contributed by atoms with Gasteiger partial charge in [0.2, 0.25) is 5.91 Å². The lowest BCUT2D eigenvalue weighted by molar-refractivity contribution is -0.127. The molecule has 1 aliphatic rings. The van der Waals surface area contributed by atoms with Crippen LogP contribution in [0.15, 0.2) is 47.7 Å². The average molecular weight is 530 g/mol. The Balaban J connectivity index is 0.000000586. The van der Waals surface area contributed by atoms with Gasteiger partial charge in [-0.15, -0.1) is 0 Å². The molecule has 194 valence electrons. The molecule has 16 heteroatoms. The number of hydrogen-bond donors (Lipinski definition) is 5. The molecule has 0 saturated carbocycles. The van der Waals surface area contributed by atoms with Gasteiger partial charge >= 0.3 is 13.8 Å². The van der Waals surface area contributed by atoms with Crippen molar-refractivity contribution < 1.29 is 33.3 Å². The number of carbonyl (C=O) groups is 2. The number of nitrogen functional groups attached to an aromatic ring is 1. The lowest BCUT2D eigenvalue weighted by Gasteiger charge is -2.32. The van der Waals surface area contributed by atoms with Gasteiger partial charge in [-0.1, -0.05) is 18.7 Å². The Kier molecular flexibility index (Phi) is 7.31. The van der Waals surface area contributed by atoms with Crippen LogP contribution in [0.5, 0.6) is 0 Å². The molecule has 15 nitrogen and oxygen atoms in total. The van der Waals surface area contributed by atoms with Gasteiger partial charge < -0.3 is 29.7 Å². The number of benzene rings is 1. The van der Waals surface area contributed by atoms with Crippen molar-refractivity contribution in [1.82, 2.24) is 29.6 Å². The van der Waals surface area contributed by atoms with E-state index in [4.69, 9.17) is 29.4 Å². The number of nitrogens with zero attached hydrogens (tertiary/aromatic N) is 6. The van der Waals surface area contributed by atoms with Gasteiger partial charge in [-0.05, 0) is 31.1 Å². The zero-order valence-electron chi connectivity index (χ0n) is 19.3. The second kappa shape index (κ2) is 10.4. The topological polar surface area (TPSA) is 223 Å². The Morgan fingerprint density at radius 3 is 2.68 bits per heavy atom. The quantitative estimate of drug-likeness (QED) is 0.186. The minimum absolute atomic E-state index is 0.0507. The van der Waals surface area contributed by atoms with Gasteiger partial charge in [0.25, 0.3) is 5.91 Å². The molecule has 2 amide bonds. The van der Waals surface area contributed by atoms with E-state index in [0.29, 0.717) is 35.2 Å². The molecule has 0 spiro atoms. The van der Waals surface area contributed by atoms with E-state index >= 15 is 0 Å². The molecule has 4 aromatic rings. The first kappa shape index (κ1) is 25.9. The van der Waals surface area contributed by atoms with Gasteiger partial charge in [-0.2, -0.15) is 10.1 Å². The highest BCUT2D eigenvalue weighted by Crippen LogP contribution is 2.29. The molecule has 0 aliphatic carbocycles. The lowest BCUT2D eigenvalue weighted by Crippen LogP contribution is -2.40. The Morgan fingerprint density at radius 2 is 1.97 bits per heavy atom. The molecule has 6 N–H and O–H groups in total. The standard InChI is InChI=1S/C21H20N8O3.H3O4P/c1-2-15(30)28-9-5-6-12(10-28)29-19-16(18(22)23-11-24-19)17(27-29)20(31)26-21-25-13-7-3-4-8-14(13)32-21;1-5(2,3)4/h2-4,7-8,11-12H,1,5-6,9-10H2,(H2,22,23,24)(H,25,26,31);(H3,1,2,3,4)/t12-;/m1./s1. The minimum atomic E-state index is -4.64. The van der Waals surface area contributed by atoms with Gasteiger partial charge in [0.05, 0.1) is 11.4 Å². The van der Waals surface area contributed by atoms with Crippen molar-refractivity contribution in [1.29, 1.82) is 0 Å². The Labute approximate surface area is 208 Å². The normalized spacial score (nSPS) is 15.8. The van der Waals surface area contributed by atoms with Crippen LogP contribution >= 0.6 is 7.82 Å². The van der Waals surface area contributed by atoms with Crippen molar-refractivity contribution in [3.63, 3.8) is 0 Å². The van der Waals surface area contributed by atoms with Crippen LogP contribution in [0.2, 0.25) is 0 Å². The number of amides is 2. The number of piperidine rings is 1. The molecule has 1 saturated heterocycles. The third-order valence-corrected chi connectivity index (χ3v) is 5.48. The predicted molar refractivity (Wildman–Crippen MR) is 131 cm³/mol. The van der Waals surface area contributed by atoms with E-state index in [1.807, 2.05) is 12.1 Å². The van der Waals surface area contributed by atoms with Crippen molar-refractivity contribution in [3.05, 3.63) is 48.9 Å². The number of anilines is 2. The highest BCUT2D eigenvalue weighted by Gasteiger charge is 2.29. The summed E-state index contributed by atoms with van der Waals surface area (Å²) < 4.78 is 16.1. The fraction of sp³-hybridized carbons (Fsp3) is 0.238. The summed E-state index contributed by atoms with van der Waals surface area (Å²) in [5.41, 5.74) is 7.75. The van der Waals surface area contributed by atoms with Gasteiger partial charge in [0.15, 0.2) is 16.9 Å². The number of para-hydroxylation sites is 2. The number of hydrogen-bond acceptors (Lipinski definition) is 9. The van der Waals surface area contributed by atoms with E-state index in [0.717, 1.165) is 12.8 Å². The fourth-order valence-electron chi connectivity index (χ4n) is 3.97. The number of phosphoric acid groups is 1. The summed E-state index contributed by atoms with van der Waals surface area (Å²) in [6.07, 6.45) is 4.18. The van der Waals surface area contributed by atoms with Crippen LogP contribution in [0.25, 0.3) is 22.1 Å². The maximum atomic E-state index is 13.1. The Bertz CT molecular complexity index is 1490. The van der Waals surface area contributed by atoms with E-state index in [-0.39, 0.29) is 29.5 Å². The average Bonchev–Trinajstić information content (AvgIpc) is 3.44. The maximum absolute atomic E-state index is 13.1. The SMILES string of the molecule is C=CC(=O)N1CCC[C@@H](n2nc(C(=O)Nc3nc4ccccc4o3)c3c(N)ncnc32)C1.O=P(O)(O)O. The van der Waals surface area contributed by atoms with Crippen molar-refractivity contribution >= 4 is 53.6 Å². The van der Waals surface area contributed by atoms with E-state index in [9.17, 15) is 9.59 Å². The van der Waals surface area contributed by atoms with Crippen molar-refractivity contribution in [2.45, 2.75) is 18.9 Å². The summed E-state index contributed by atoms with van der Waals surface area (Å²) in [4.78, 5) is 61.1. The number of rotatable bonds is 4. The first-order chi connectivity index (χ1) is 17.5. The molecule has 0 unspecified atom stereocenters. The number of likely N-dealkylation sites (tertiary alicyclic amines) is 1. The minimum Gasteiger partial charge on any atom is -0.423 e. The number of carbonyl (C=O) groups excluding carboxylic acids is 2. The summed E-state index contributed by atoms with van der Waals surface area (Å²) in [6, 6.07) is 7.06. The number of fused-ring (bicyclic) bond motifs is 2. The zero-order chi connectivity index (χ0) is 26.7. The van der Waals surface area contributed by atoms with Crippen LogP contribution in [0.1, 0.15) is 29.4 Å². The number of nitrogens with one attached hydrogen (secondary N) is 1. The molecular weight excluding hydrogens is 507 g/mol. The van der Waals surface area contributed by atoms with Crippen molar-refractivity contribution in [2.24, 2.45) is 0 Å². The maximum Gasteiger partial charge on any atom is 0.466 e. The molecule has 3 aromatic heterocycles. The second-order valence-corrected chi connectivity index (χ2v) is 9.02. The van der Waals surface area contributed by atoms with Crippen LogP contribution < -0.4 is 11.1 Å². The summed E-state index contributed by atoms with van der Waals surface area (Å²) in [7, 11) is -4.64. The largest absolute Gasteiger partial charge is 0.466 e. The summed E-state index contributed by atoms with van der Waals surface area (Å²) in [6.45, 7) is 4.63. The molecule has 0 bridgehead atoms. The van der Waals surface area contributed by atoms with Crippen LogP contribution in [0, 0.1) is 0 Å². The Hall–Kier alpha value is -4.17. The first-order valence-corrected chi connectivity index (χ1v) is 12.5. The first-order valence-electron chi connectivity index (χ1n) is 10.9. The van der Waals surface area contributed by atoms with Crippen LogP contribution in [0.3, 0.4) is 0 Å². The molecule has 1 fully saturated rings. The molecule has 1 aromatic carbocycles. The molecule has 1 aliphatic heterocycles. The van der Waals surface area contributed by atoms with E-state index in [1.54, 1.807) is 21.7 Å². The Morgan fingerprint density at radius 1 is 1.24 bits per heavy atom. The van der Waals surface area contributed by atoms with Crippen LogP contribution in [-0.4, -0.2) is 69.2 Å². The monoisotopic (exact) mass is 530 g/mol. The summed E-state index contributed by atoms with van der Waals surface area (Å²) in [5, 5.41) is 7.51. The summed E-state index contributed by atoms with van der Waals surface area (Å²) in [5.74, 6) is -0.551. The molecule has 5 rings (SSSR count). The molecular formula is C21H23N8O7P. The second-order valence-electron chi connectivity index (χ2n) is 7.99. The highest BCUT2D eigenvalue weighted by atomic mass is 31.2. The van der Waals surface area contributed by atoms with Gasteiger partial charge in [0.1, 0.15) is 17.7 Å². The molecule has 37 heavy (non-hydrogen) atoms. The third kappa shape index (κ3) is 5.98. The van der Waals surface area contributed by atoms with Crippen LogP contribution in [0.4, 0.5) is 11.8 Å². The lowest BCUT2D eigenvalue weighted by atomic mass is 10.1. The number of oxazole rings is 1. The van der Waals surface area contributed by atoms with E-state index in [1.165, 1.54) is 12.4 Å². The van der Waals surface area contributed by atoms with Crippen LogP contribution in [-0.2, 0) is 9.36 Å². The molecule has 0 radical (unpaired) electrons. The van der Waals surface area contributed by atoms with Gasteiger partial charge in [-0.3, -0.25) is 14.9 Å². The number of aromatic nitrogens is 5. The van der Waals surface area contributed by atoms with E-state index < -0.39 is 13.7 Å². The van der Waals surface area contributed by atoms with Crippen molar-refractivity contribution in [3.8, 4) is 0 Å². The van der Waals surface area contributed by atoms with Gasteiger partial charge in [0, 0.05) is 13.1 Å². The smallest absolute Gasteiger partial charge is 0.423 e. The highest BCUT2D eigenvalue weighted by molar-refractivity contribution is 7.45. The predicted octanol–water partition coefficient (Wildman–Crippen LogP) is 1.22. The third-order valence-electron chi connectivity index (χ3n) is 5.48. The van der Waals surface area contributed by atoms with Crippen molar-refractivity contribution in [2.75, 3.05) is 24.1 Å². The molecule has 4 heterocycles. The molecule has 1 atom stereocenters.